The van der Waals surface area contributed by atoms with E-state index in [4.69, 9.17) is 5.73 Å². The Morgan fingerprint density at radius 3 is 2.56 bits per heavy atom. The minimum Gasteiger partial charge on any atom is -0.507 e. The van der Waals surface area contributed by atoms with Gasteiger partial charge in [0.25, 0.3) is 5.91 Å². The number of phenols is 1. The molecule has 172 valence electrons. The second-order valence-corrected chi connectivity index (χ2v) is 7.87. The van der Waals surface area contributed by atoms with Crippen molar-refractivity contribution in [3.63, 3.8) is 0 Å². The Kier molecular flexibility index (Phi) is 6.40. The summed E-state index contributed by atoms with van der Waals surface area (Å²) >= 11 is 0. The lowest BCUT2D eigenvalue weighted by Gasteiger charge is -2.21. The minimum absolute atomic E-state index is 0.0205. The molecule has 7 nitrogen and oxygen atoms in total. The van der Waals surface area contributed by atoms with E-state index in [0.29, 0.717) is 33.8 Å². The standard InChI is InChI=1S/C26H24FN5O2/c1-16-3-7-23(21(27)13-16)32(2)19-5-8-24(33)20(14-19)22-6-4-18(25(28)31-22)15-30-26(34)17-9-11-29-12-10-17/h3-14,33H,15H2,1-2H3,(H2,28,31)(H,30,34). The zero-order chi connectivity index (χ0) is 24.2. The number of anilines is 3. The number of nitrogen functional groups attached to an aromatic ring is 1. The SMILES string of the molecule is Cc1ccc(N(C)c2ccc(O)c(-c3ccc(CNC(=O)c4ccncc4)c(N)n3)c2)c(F)c1. The molecule has 0 aliphatic heterocycles. The van der Waals surface area contributed by atoms with E-state index >= 15 is 0 Å². The molecular formula is C26H24FN5O2. The smallest absolute Gasteiger partial charge is 0.251 e. The van der Waals surface area contributed by atoms with Crippen LogP contribution in [0.15, 0.2) is 73.1 Å². The lowest BCUT2D eigenvalue weighted by molar-refractivity contribution is 0.0951. The van der Waals surface area contributed by atoms with Gasteiger partial charge in [0, 0.05) is 48.4 Å². The van der Waals surface area contributed by atoms with Crippen molar-refractivity contribution in [1.29, 1.82) is 0 Å². The predicted octanol–water partition coefficient (Wildman–Crippen LogP) is 4.58. The number of carbonyl (C=O) groups is 1. The topological polar surface area (TPSA) is 104 Å². The Bertz CT molecular complexity index is 1340. The van der Waals surface area contributed by atoms with Crippen LogP contribution in [0.25, 0.3) is 11.3 Å². The zero-order valence-electron chi connectivity index (χ0n) is 18.8. The van der Waals surface area contributed by atoms with Crippen LogP contribution >= 0.6 is 0 Å². The van der Waals surface area contributed by atoms with Gasteiger partial charge in [-0.05, 0) is 61.0 Å². The van der Waals surface area contributed by atoms with Crippen LogP contribution in [0.4, 0.5) is 21.6 Å². The minimum atomic E-state index is -0.335. The highest BCUT2D eigenvalue weighted by Crippen LogP contribution is 2.35. The summed E-state index contributed by atoms with van der Waals surface area (Å²) in [5.41, 5.74) is 10.1. The number of phenolic OH excluding ortho intramolecular Hbond substituents is 1. The van der Waals surface area contributed by atoms with Crippen LogP contribution in [0, 0.1) is 12.7 Å². The van der Waals surface area contributed by atoms with Gasteiger partial charge in [0.05, 0.1) is 11.4 Å². The average molecular weight is 458 g/mol. The van der Waals surface area contributed by atoms with Crippen molar-refractivity contribution < 1.29 is 14.3 Å². The Labute approximate surface area is 196 Å². The van der Waals surface area contributed by atoms with Gasteiger partial charge in [0.15, 0.2) is 0 Å². The van der Waals surface area contributed by atoms with Crippen molar-refractivity contribution in [2.75, 3.05) is 17.7 Å². The maximum Gasteiger partial charge on any atom is 0.251 e. The normalized spacial score (nSPS) is 10.7. The van der Waals surface area contributed by atoms with Crippen LogP contribution in [0.1, 0.15) is 21.5 Å². The molecule has 2 aromatic heterocycles. The van der Waals surface area contributed by atoms with Crippen LogP contribution in [0.3, 0.4) is 0 Å². The molecular weight excluding hydrogens is 433 g/mol. The number of aryl methyl sites for hydroxylation is 1. The number of amides is 1. The molecule has 4 rings (SSSR count). The van der Waals surface area contributed by atoms with Gasteiger partial charge in [0.2, 0.25) is 0 Å². The van der Waals surface area contributed by atoms with E-state index < -0.39 is 0 Å². The van der Waals surface area contributed by atoms with Crippen LogP contribution < -0.4 is 16.0 Å². The van der Waals surface area contributed by atoms with Gasteiger partial charge in [-0.1, -0.05) is 12.1 Å². The highest BCUT2D eigenvalue weighted by atomic mass is 19.1. The van der Waals surface area contributed by atoms with Gasteiger partial charge in [-0.3, -0.25) is 9.78 Å². The number of pyridine rings is 2. The quantitative estimate of drug-likeness (QED) is 0.392. The number of aromatic nitrogens is 2. The number of benzene rings is 2. The molecule has 8 heteroatoms. The lowest BCUT2D eigenvalue weighted by atomic mass is 10.1. The number of aromatic hydroxyl groups is 1. The van der Waals surface area contributed by atoms with Crippen molar-refractivity contribution in [1.82, 2.24) is 15.3 Å². The van der Waals surface area contributed by atoms with E-state index in [1.54, 1.807) is 66.8 Å². The molecule has 0 spiro atoms. The van der Waals surface area contributed by atoms with Gasteiger partial charge >= 0.3 is 0 Å². The van der Waals surface area contributed by atoms with E-state index in [2.05, 4.69) is 15.3 Å². The first-order chi connectivity index (χ1) is 16.3. The van der Waals surface area contributed by atoms with Crippen molar-refractivity contribution in [3.8, 4) is 17.0 Å². The van der Waals surface area contributed by atoms with Crippen LogP contribution in [0.5, 0.6) is 5.75 Å². The number of hydrogen-bond acceptors (Lipinski definition) is 6. The van der Waals surface area contributed by atoms with Crippen molar-refractivity contribution in [2.24, 2.45) is 0 Å². The fourth-order valence-corrected chi connectivity index (χ4v) is 3.54. The summed E-state index contributed by atoms with van der Waals surface area (Å²) in [5, 5.41) is 13.3. The average Bonchev–Trinajstić information content (AvgIpc) is 2.83. The zero-order valence-corrected chi connectivity index (χ0v) is 18.8. The summed E-state index contributed by atoms with van der Waals surface area (Å²) in [7, 11) is 1.75. The first kappa shape index (κ1) is 22.7. The second-order valence-electron chi connectivity index (χ2n) is 7.87. The third-order valence-corrected chi connectivity index (χ3v) is 5.50. The second kappa shape index (κ2) is 9.58. The molecule has 0 saturated carbocycles. The summed E-state index contributed by atoms with van der Waals surface area (Å²) in [6.45, 7) is 2.03. The number of nitrogens with one attached hydrogen (secondary N) is 1. The molecule has 2 heterocycles. The molecule has 0 fully saturated rings. The molecule has 0 radical (unpaired) electrons. The first-order valence-electron chi connectivity index (χ1n) is 10.6. The summed E-state index contributed by atoms with van der Waals surface area (Å²) in [5.74, 6) is -0.331. The molecule has 2 aromatic carbocycles. The summed E-state index contributed by atoms with van der Waals surface area (Å²) in [4.78, 5) is 22.3. The van der Waals surface area contributed by atoms with Crippen LogP contribution in [0.2, 0.25) is 0 Å². The van der Waals surface area contributed by atoms with Crippen molar-refractivity contribution >= 4 is 23.1 Å². The first-order valence-corrected chi connectivity index (χ1v) is 10.6. The van der Waals surface area contributed by atoms with Crippen molar-refractivity contribution in [3.05, 3.63) is 95.6 Å². The molecule has 0 atom stereocenters. The predicted molar refractivity (Wildman–Crippen MR) is 130 cm³/mol. The Balaban J connectivity index is 1.56. The number of halogens is 1. The Morgan fingerprint density at radius 2 is 1.85 bits per heavy atom. The maximum atomic E-state index is 14.5. The molecule has 0 saturated heterocycles. The number of nitrogens with zero attached hydrogens (tertiary/aromatic N) is 3. The Hall–Kier alpha value is -4.46. The van der Waals surface area contributed by atoms with Crippen LogP contribution in [-0.4, -0.2) is 28.0 Å². The largest absolute Gasteiger partial charge is 0.507 e. The maximum absolute atomic E-state index is 14.5. The Morgan fingerprint density at radius 1 is 1.09 bits per heavy atom. The number of hydrogen-bond donors (Lipinski definition) is 3. The number of rotatable bonds is 6. The van der Waals surface area contributed by atoms with E-state index in [0.717, 1.165) is 5.56 Å². The third kappa shape index (κ3) is 4.80. The van der Waals surface area contributed by atoms with Gasteiger partial charge in [-0.2, -0.15) is 0 Å². The number of carbonyl (C=O) groups excluding carboxylic acids is 1. The fraction of sp³-hybridized carbons (Fsp3) is 0.115. The van der Waals surface area contributed by atoms with E-state index in [9.17, 15) is 14.3 Å². The molecule has 0 aliphatic rings. The van der Waals surface area contributed by atoms with Gasteiger partial charge in [0.1, 0.15) is 17.4 Å². The summed E-state index contributed by atoms with van der Waals surface area (Å²) < 4.78 is 14.5. The highest BCUT2D eigenvalue weighted by molar-refractivity contribution is 5.94. The molecule has 0 unspecified atom stereocenters. The van der Waals surface area contributed by atoms with E-state index in [-0.39, 0.29) is 29.8 Å². The van der Waals surface area contributed by atoms with Gasteiger partial charge < -0.3 is 21.1 Å². The summed E-state index contributed by atoms with van der Waals surface area (Å²) in [6, 6.07) is 16.7. The lowest BCUT2D eigenvalue weighted by Crippen LogP contribution is -2.23. The van der Waals surface area contributed by atoms with Crippen LogP contribution in [-0.2, 0) is 6.54 Å². The molecule has 0 bridgehead atoms. The third-order valence-electron chi connectivity index (χ3n) is 5.50. The fourth-order valence-electron chi connectivity index (χ4n) is 3.54. The van der Waals surface area contributed by atoms with E-state index in [1.807, 2.05) is 13.0 Å². The monoisotopic (exact) mass is 457 g/mol. The molecule has 1 amide bonds. The molecule has 34 heavy (non-hydrogen) atoms. The molecule has 4 N–H and O–H groups in total. The van der Waals surface area contributed by atoms with Gasteiger partial charge in [-0.15, -0.1) is 0 Å². The summed E-state index contributed by atoms with van der Waals surface area (Å²) in [6.07, 6.45) is 3.09. The number of nitrogens with two attached hydrogens (primary N) is 1. The van der Waals surface area contributed by atoms with Crippen molar-refractivity contribution in [2.45, 2.75) is 13.5 Å². The molecule has 4 aromatic rings. The van der Waals surface area contributed by atoms with Gasteiger partial charge in [-0.25, -0.2) is 9.37 Å². The highest BCUT2D eigenvalue weighted by Gasteiger charge is 2.15. The van der Waals surface area contributed by atoms with E-state index in [1.165, 1.54) is 12.1 Å². The molecule has 0 aliphatic carbocycles.